The Bertz CT molecular complexity index is 735. The molecule has 4 aliphatic rings. The predicted octanol–water partition coefficient (Wildman–Crippen LogP) is 5.47. The molecule has 4 nitrogen and oxygen atoms in total. The highest BCUT2D eigenvalue weighted by Gasteiger charge is 2.61. The summed E-state index contributed by atoms with van der Waals surface area (Å²) in [6.07, 6.45) is 10.5. The van der Waals surface area contributed by atoms with E-state index in [0.29, 0.717) is 23.7 Å². The summed E-state index contributed by atoms with van der Waals surface area (Å²) in [4.78, 5) is 24.1. The summed E-state index contributed by atoms with van der Waals surface area (Å²) >= 11 is 0. The van der Waals surface area contributed by atoms with E-state index >= 15 is 0 Å². The van der Waals surface area contributed by atoms with E-state index in [1.54, 1.807) is 6.08 Å². The molecule has 0 amide bonds. The second-order valence-corrected chi connectivity index (χ2v) is 10.3. The molecule has 0 unspecified atom stereocenters. The van der Waals surface area contributed by atoms with Crippen molar-refractivity contribution in [3.8, 4) is 0 Å². The van der Waals surface area contributed by atoms with E-state index in [0.717, 1.165) is 32.1 Å². The SMILES string of the molecule is CC(C)OC(=O)O[C@H]1[C@@H](C)C[C@H]2[C@@H]3CCC4=CC(=O)C=C[C@]4(C)[C@H]3CC[C@@]21C. The van der Waals surface area contributed by atoms with Gasteiger partial charge in [-0.15, -0.1) is 0 Å². The molecule has 7 atom stereocenters. The van der Waals surface area contributed by atoms with Crippen LogP contribution in [0, 0.1) is 34.5 Å². The molecule has 0 heterocycles. The molecule has 0 aromatic heterocycles. The number of rotatable bonds is 2. The number of allylic oxidation sites excluding steroid dienone is 4. The number of carbonyl (C=O) groups excluding carboxylic acids is 2. The Morgan fingerprint density at radius 2 is 1.96 bits per heavy atom. The topological polar surface area (TPSA) is 52.6 Å². The Balaban J connectivity index is 1.58. The second-order valence-electron chi connectivity index (χ2n) is 10.3. The highest BCUT2D eigenvalue weighted by Crippen LogP contribution is 2.65. The van der Waals surface area contributed by atoms with Crippen molar-refractivity contribution in [3.63, 3.8) is 0 Å². The average Bonchev–Trinajstić information content (AvgIpc) is 2.86. The maximum absolute atomic E-state index is 12.2. The predicted molar refractivity (Wildman–Crippen MR) is 108 cm³/mol. The molecule has 0 radical (unpaired) electrons. The molecule has 3 saturated carbocycles. The Morgan fingerprint density at radius 3 is 2.68 bits per heavy atom. The lowest BCUT2D eigenvalue weighted by atomic mass is 9.48. The monoisotopic (exact) mass is 386 g/mol. The summed E-state index contributed by atoms with van der Waals surface area (Å²) in [6.45, 7) is 10.6. The second kappa shape index (κ2) is 6.74. The maximum atomic E-state index is 12.2. The van der Waals surface area contributed by atoms with E-state index in [1.165, 1.54) is 5.57 Å². The van der Waals surface area contributed by atoms with Gasteiger partial charge in [-0.25, -0.2) is 4.79 Å². The zero-order chi connectivity index (χ0) is 20.3. The molecular formula is C24H34O4. The van der Waals surface area contributed by atoms with Crippen LogP contribution in [0.2, 0.25) is 0 Å². The van der Waals surface area contributed by atoms with Crippen molar-refractivity contribution in [1.29, 1.82) is 0 Å². The van der Waals surface area contributed by atoms with Gasteiger partial charge in [0.1, 0.15) is 6.10 Å². The van der Waals surface area contributed by atoms with E-state index in [-0.39, 0.29) is 28.8 Å². The molecule has 0 aliphatic heterocycles. The molecule has 0 spiro atoms. The standard InChI is InChI=1S/C24H34O4/c1-14(2)27-22(26)28-21-15(3)12-20-18-7-6-16-13-17(25)8-10-23(16,4)19(18)9-11-24(20,21)5/h8,10,13-15,18-21H,6-7,9,11-12H2,1-5H3/t15-,18+,19-,20-,21-,23-,24-/m0/s1. The van der Waals surface area contributed by atoms with Gasteiger partial charge < -0.3 is 9.47 Å². The fraction of sp³-hybridized carbons (Fsp3) is 0.750. The van der Waals surface area contributed by atoms with E-state index < -0.39 is 6.16 Å². The van der Waals surface area contributed by atoms with Crippen molar-refractivity contribution in [2.45, 2.75) is 78.9 Å². The fourth-order valence-electron chi connectivity index (χ4n) is 7.09. The summed E-state index contributed by atoms with van der Waals surface area (Å²) < 4.78 is 11.2. The van der Waals surface area contributed by atoms with Gasteiger partial charge in [-0.2, -0.15) is 0 Å². The molecule has 0 bridgehead atoms. The van der Waals surface area contributed by atoms with Crippen LogP contribution in [0.15, 0.2) is 23.8 Å². The highest BCUT2D eigenvalue weighted by atomic mass is 16.7. The minimum Gasteiger partial charge on any atom is -0.432 e. The van der Waals surface area contributed by atoms with E-state index in [4.69, 9.17) is 9.47 Å². The van der Waals surface area contributed by atoms with Crippen LogP contribution >= 0.6 is 0 Å². The van der Waals surface area contributed by atoms with E-state index in [1.807, 2.05) is 19.9 Å². The van der Waals surface area contributed by atoms with Crippen molar-refractivity contribution in [3.05, 3.63) is 23.8 Å². The van der Waals surface area contributed by atoms with Gasteiger partial charge in [0.2, 0.25) is 0 Å². The van der Waals surface area contributed by atoms with Crippen molar-refractivity contribution in [2.24, 2.45) is 34.5 Å². The first-order valence-electron chi connectivity index (χ1n) is 11.0. The summed E-state index contributed by atoms with van der Waals surface area (Å²) in [5.74, 6) is 2.24. The van der Waals surface area contributed by atoms with Gasteiger partial charge in [0.05, 0.1) is 6.10 Å². The van der Waals surface area contributed by atoms with E-state index in [9.17, 15) is 9.59 Å². The molecule has 0 aromatic carbocycles. The van der Waals surface area contributed by atoms with Crippen molar-refractivity contribution < 1.29 is 19.1 Å². The fourth-order valence-corrected chi connectivity index (χ4v) is 7.09. The minimum absolute atomic E-state index is 0.0108. The van der Waals surface area contributed by atoms with Crippen molar-refractivity contribution >= 4 is 11.9 Å². The van der Waals surface area contributed by atoms with Crippen molar-refractivity contribution in [2.75, 3.05) is 0 Å². The number of ketones is 1. The van der Waals surface area contributed by atoms with Crippen LogP contribution in [0.5, 0.6) is 0 Å². The Hall–Kier alpha value is -1.58. The summed E-state index contributed by atoms with van der Waals surface area (Å²) in [6, 6.07) is 0. The van der Waals surface area contributed by atoms with E-state index in [2.05, 4.69) is 26.8 Å². The van der Waals surface area contributed by atoms with Gasteiger partial charge >= 0.3 is 6.16 Å². The lowest BCUT2D eigenvalue weighted by Gasteiger charge is -2.56. The van der Waals surface area contributed by atoms with Gasteiger partial charge in [-0.3, -0.25) is 4.79 Å². The Kier molecular flexibility index (Phi) is 4.75. The van der Waals surface area contributed by atoms with Gasteiger partial charge in [0.25, 0.3) is 0 Å². The normalized spacial score (nSPS) is 44.4. The van der Waals surface area contributed by atoms with Crippen LogP contribution in [0.3, 0.4) is 0 Å². The smallest absolute Gasteiger partial charge is 0.432 e. The first kappa shape index (κ1) is 19.7. The zero-order valence-corrected chi connectivity index (χ0v) is 17.9. The van der Waals surface area contributed by atoms with Gasteiger partial charge in [-0.05, 0) is 81.8 Å². The number of carbonyl (C=O) groups is 2. The van der Waals surface area contributed by atoms with Crippen LogP contribution in [0.1, 0.15) is 66.7 Å². The lowest BCUT2D eigenvalue weighted by molar-refractivity contribution is -0.111. The van der Waals surface area contributed by atoms with Gasteiger partial charge in [0, 0.05) is 10.8 Å². The third-order valence-corrected chi connectivity index (χ3v) is 8.34. The van der Waals surface area contributed by atoms with Crippen LogP contribution in [-0.4, -0.2) is 24.1 Å². The number of hydrogen-bond acceptors (Lipinski definition) is 4. The third kappa shape index (κ3) is 2.95. The molecular weight excluding hydrogens is 352 g/mol. The quantitative estimate of drug-likeness (QED) is 0.591. The Labute approximate surface area is 168 Å². The van der Waals surface area contributed by atoms with Crippen molar-refractivity contribution in [1.82, 2.24) is 0 Å². The van der Waals surface area contributed by atoms with Crippen LogP contribution in [0.4, 0.5) is 4.79 Å². The summed E-state index contributed by atoms with van der Waals surface area (Å²) in [5.41, 5.74) is 1.35. The Morgan fingerprint density at radius 1 is 1.21 bits per heavy atom. The molecule has 0 aromatic rings. The highest BCUT2D eigenvalue weighted by molar-refractivity contribution is 6.01. The zero-order valence-electron chi connectivity index (χ0n) is 17.9. The largest absolute Gasteiger partial charge is 0.508 e. The number of ether oxygens (including phenoxy) is 2. The van der Waals surface area contributed by atoms with Crippen LogP contribution < -0.4 is 0 Å². The number of hydrogen-bond donors (Lipinski definition) is 0. The third-order valence-electron chi connectivity index (χ3n) is 8.34. The van der Waals surface area contributed by atoms with Crippen LogP contribution in [-0.2, 0) is 14.3 Å². The lowest BCUT2D eigenvalue weighted by Crippen LogP contribution is -2.51. The molecule has 154 valence electrons. The molecule has 4 heteroatoms. The molecule has 4 rings (SSSR count). The number of fused-ring (bicyclic) bond motifs is 5. The molecule has 28 heavy (non-hydrogen) atoms. The molecule has 0 N–H and O–H groups in total. The summed E-state index contributed by atoms with van der Waals surface area (Å²) in [5, 5.41) is 0. The average molecular weight is 387 g/mol. The maximum Gasteiger partial charge on any atom is 0.508 e. The van der Waals surface area contributed by atoms with Crippen LogP contribution in [0.25, 0.3) is 0 Å². The molecule has 0 saturated heterocycles. The van der Waals surface area contributed by atoms with Gasteiger partial charge in [0.15, 0.2) is 5.78 Å². The first-order chi connectivity index (χ1) is 13.1. The minimum atomic E-state index is -0.523. The molecule has 4 aliphatic carbocycles. The van der Waals surface area contributed by atoms with Gasteiger partial charge in [-0.1, -0.05) is 32.4 Å². The first-order valence-corrected chi connectivity index (χ1v) is 11.0. The molecule has 3 fully saturated rings. The summed E-state index contributed by atoms with van der Waals surface area (Å²) in [7, 11) is 0.